The number of hydrogen-bond donors (Lipinski definition) is 2. The lowest BCUT2D eigenvalue weighted by Crippen LogP contribution is -2.80. The lowest BCUT2D eigenvalue weighted by atomic mass is 9.48. The topological polar surface area (TPSA) is 66.8 Å². The van der Waals surface area contributed by atoms with E-state index in [1.807, 2.05) is 12.1 Å². The van der Waals surface area contributed by atoms with Gasteiger partial charge in [-0.2, -0.15) is 0 Å². The van der Waals surface area contributed by atoms with E-state index in [0.29, 0.717) is 25.0 Å². The Morgan fingerprint density at radius 2 is 2.24 bits per heavy atom. The molecule has 1 saturated heterocycles. The first-order chi connectivity index (χ1) is 11.9. The third kappa shape index (κ3) is 1.51. The van der Waals surface area contributed by atoms with Crippen molar-refractivity contribution in [3.05, 3.63) is 35.9 Å². The van der Waals surface area contributed by atoms with Crippen LogP contribution in [-0.4, -0.2) is 58.4 Å². The number of ketones is 1. The van der Waals surface area contributed by atoms with Crippen molar-refractivity contribution in [3.8, 4) is 11.5 Å². The van der Waals surface area contributed by atoms with E-state index >= 15 is 0 Å². The molecule has 132 valence electrons. The number of nitrogens with zero attached hydrogens (tertiary/aromatic N) is 1. The van der Waals surface area contributed by atoms with E-state index < -0.39 is 17.1 Å². The number of quaternary nitrogens is 1. The van der Waals surface area contributed by atoms with Crippen molar-refractivity contribution in [2.75, 3.05) is 20.1 Å². The van der Waals surface area contributed by atoms with Gasteiger partial charge in [0.15, 0.2) is 23.4 Å². The standard InChI is InChI=1S/C20H23NO4/c1-3-9-21(2)10-8-19-16-12-4-5-13(22)17(16)25-18(19)14(23)6-7-20(19,24)15(21)11-12/h3-5,15,18,24H,1,6-11H2,2H3/p+1/t15-,18-,19+,20-,21?/m1/s1. The molecule has 4 aliphatic rings. The number of phenolic OH excluding ortho intramolecular Hbond substituents is 1. The van der Waals surface area contributed by atoms with Crippen molar-refractivity contribution in [3.63, 3.8) is 0 Å². The number of likely N-dealkylation sites (N-methyl/N-ethyl adjacent to an activating group) is 1. The second-order valence-corrected chi connectivity index (χ2v) is 8.45. The number of Topliss-reactive ketones (excluding diaryl/α,β-unsaturated/α-hetero) is 1. The fourth-order valence-corrected chi connectivity index (χ4v) is 6.34. The molecule has 5 rings (SSSR count). The number of aromatic hydroxyl groups is 1. The molecule has 5 atom stereocenters. The summed E-state index contributed by atoms with van der Waals surface area (Å²) in [5, 5.41) is 22.3. The van der Waals surface area contributed by atoms with Gasteiger partial charge in [-0.05, 0) is 24.1 Å². The zero-order chi connectivity index (χ0) is 17.6. The normalized spacial score (nSPS) is 43.4. The van der Waals surface area contributed by atoms with Gasteiger partial charge in [0.2, 0.25) is 0 Å². The third-order valence-electron chi connectivity index (χ3n) is 7.45. The highest BCUT2D eigenvalue weighted by atomic mass is 16.5. The predicted octanol–water partition coefficient (Wildman–Crippen LogP) is 1.45. The predicted molar refractivity (Wildman–Crippen MR) is 91.6 cm³/mol. The average Bonchev–Trinajstić information content (AvgIpc) is 2.93. The Kier molecular flexibility index (Phi) is 2.75. The molecule has 0 amide bonds. The van der Waals surface area contributed by atoms with Crippen molar-refractivity contribution in [1.82, 2.24) is 0 Å². The van der Waals surface area contributed by atoms with E-state index in [4.69, 9.17) is 4.74 Å². The number of ether oxygens (including phenoxy) is 1. The summed E-state index contributed by atoms with van der Waals surface area (Å²) in [6, 6.07) is 3.60. The summed E-state index contributed by atoms with van der Waals surface area (Å²) in [7, 11) is 2.19. The fraction of sp³-hybridized carbons (Fsp3) is 0.550. The maximum absolute atomic E-state index is 12.7. The molecule has 5 heteroatoms. The van der Waals surface area contributed by atoms with Gasteiger partial charge < -0.3 is 19.4 Å². The van der Waals surface area contributed by atoms with Crippen LogP contribution in [0, 0.1) is 0 Å². The molecule has 5 nitrogen and oxygen atoms in total. The number of phenols is 1. The molecule has 2 fully saturated rings. The van der Waals surface area contributed by atoms with Gasteiger partial charge in [-0.3, -0.25) is 4.79 Å². The Balaban J connectivity index is 1.82. The van der Waals surface area contributed by atoms with E-state index in [0.717, 1.165) is 35.1 Å². The minimum absolute atomic E-state index is 0.00134. The summed E-state index contributed by atoms with van der Waals surface area (Å²) < 4.78 is 6.76. The SMILES string of the molecule is C=CC[N+]1(C)CC[C@]23c4c5ccc(O)c4O[C@@H]2C(=O)CC[C@@]3(O)[C@H]1C5. The molecule has 1 saturated carbocycles. The number of hydrogen-bond acceptors (Lipinski definition) is 4. The quantitative estimate of drug-likeness (QED) is 0.631. The average molecular weight is 342 g/mol. The Morgan fingerprint density at radius 1 is 1.44 bits per heavy atom. The Hall–Kier alpha value is -1.85. The number of aliphatic hydroxyl groups is 1. The zero-order valence-electron chi connectivity index (χ0n) is 14.5. The van der Waals surface area contributed by atoms with Crippen LogP contribution in [0.2, 0.25) is 0 Å². The molecule has 1 spiro atoms. The van der Waals surface area contributed by atoms with Crippen LogP contribution >= 0.6 is 0 Å². The molecule has 0 radical (unpaired) electrons. The first-order valence-corrected chi connectivity index (χ1v) is 9.09. The van der Waals surface area contributed by atoms with Gasteiger partial charge in [-0.1, -0.05) is 12.6 Å². The molecule has 0 aromatic heterocycles. The second kappa shape index (κ2) is 4.46. The second-order valence-electron chi connectivity index (χ2n) is 8.45. The third-order valence-corrected chi connectivity index (χ3v) is 7.45. The first-order valence-electron chi connectivity index (χ1n) is 9.09. The Morgan fingerprint density at radius 3 is 3.00 bits per heavy atom. The number of carbonyl (C=O) groups is 1. The molecular weight excluding hydrogens is 318 g/mol. The lowest BCUT2D eigenvalue weighted by Gasteiger charge is -2.64. The van der Waals surface area contributed by atoms with Crippen molar-refractivity contribution < 1.29 is 24.2 Å². The van der Waals surface area contributed by atoms with E-state index in [9.17, 15) is 15.0 Å². The molecule has 1 aromatic rings. The number of piperidine rings is 1. The van der Waals surface area contributed by atoms with Gasteiger partial charge in [0.25, 0.3) is 0 Å². The van der Waals surface area contributed by atoms with Crippen LogP contribution in [0.25, 0.3) is 0 Å². The largest absolute Gasteiger partial charge is 0.504 e. The Labute approximate surface area is 147 Å². The smallest absolute Gasteiger partial charge is 0.174 e. The summed E-state index contributed by atoms with van der Waals surface area (Å²) >= 11 is 0. The van der Waals surface area contributed by atoms with Crippen LogP contribution in [0.4, 0.5) is 0 Å². The highest BCUT2D eigenvalue weighted by Gasteiger charge is 2.76. The van der Waals surface area contributed by atoms with Gasteiger partial charge >= 0.3 is 0 Å². The minimum Gasteiger partial charge on any atom is -0.504 e. The van der Waals surface area contributed by atoms with Crippen LogP contribution in [0.1, 0.15) is 30.4 Å². The van der Waals surface area contributed by atoms with Crippen molar-refractivity contribution >= 4 is 5.78 Å². The molecule has 2 aliphatic carbocycles. The van der Waals surface area contributed by atoms with Gasteiger partial charge in [0.1, 0.15) is 11.6 Å². The molecule has 1 unspecified atom stereocenters. The maximum Gasteiger partial charge on any atom is 0.174 e. The lowest BCUT2D eigenvalue weighted by molar-refractivity contribution is -0.944. The summed E-state index contributed by atoms with van der Waals surface area (Å²) in [6.07, 6.45) is 3.47. The molecule has 2 heterocycles. The van der Waals surface area contributed by atoms with E-state index in [-0.39, 0.29) is 17.6 Å². The number of rotatable bonds is 2. The number of benzene rings is 1. The van der Waals surface area contributed by atoms with Crippen molar-refractivity contribution in [2.24, 2.45) is 0 Å². The fourth-order valence-electron chi connectivity index (χ4n) is 6.34. The van der Waals surface area contributed by atoms with E-state index in [1.54, 1.807) is 6.07 Å². The molecule has 2 bridgehead atoms. The van der Waals surface area contributed by atoms with Crippen LogP contribution < -0.4 is 4.74 Å². The highest BCUT2D eigenvalue weighted by Crippen LogP contribution is 2.65. The van der Waals surface area contributed by atoms with Crippen molar-refractivity contribution in [2.45, 2.75) is 48.8 Å². The summed E-state index contributed by atoms with van der Waals surface area (Å²) in [4.78, 5) is 12.7. The molecule has 2 N–H and O–H groups in total. The Bertz CT molecular complexity index is 820. The van der Waals surface area contributed by atoms with Crippen LogP contribution in [-0.2, 0) is 16.6 Å². The first kappa shape index (κ1) is 15.4. The van der Waals surface area contributed by atoms with Gasteiger partial charge in [0, 0.05) is 24.8 Å². The monoisotopic (exact) mass is 342 g/mol. The molecular formula is C20H24NO4+. The van der Waals surface area contributed by atoms with E-state index in [1.165, 1.54) is 0 Å². The minimum atomic E-state index is -0.992. The van der Waals surface area contributed by atoms with Crippen LogP contribution in [0.5, 0.6) is 11.5 Å². The number of likely N-dealkylation sites (tertiary alicyclic amines) is 1. The summed E-state index contributed by atoms with van der Waals surface area (Å²) in [6.45, 7) is 5.57. The maximum atomic E-state index is 12.7. The molecule has 25 heavy (non-hydrogen) atoms. The summed E-state index contributed by atoms with van der Waals surface area (Å²) in [5.74, 6) is 0.547. The number of carbonyl (C=O) groups excluding carboxylic acids is 1. The van der Waals surface area contributed by atoms with Gasteiger partial charge in [-0.15, -0.1) is 0 Å². The summed E-state index contributed by atoms with van der Waals surface area (Å²) in [5.41, 5.74) is 0.295. The molecule has 1 aromatic carbocycles. The zero-order valence-corrected chi connectivity index (χ0v) is 14.5. The van der Waals surface area contributed by atoms with Crippen LogP contribution in [0.3, 0.4) is 0 Å². The molecule has 2 aliphatic heterocycles. The van der Waals surface area contributed by atoms with E-state index in [2.05, 4.69) is 13.6 Å². The highest BCUT2D eigenvalue weighted by molar-refractivity contribution is 5.90. The van der Waals surface area contributed by atoms with Crippen LogP contribution in [0.15, 0.2) is 24.8 Å². The van der Waals surface area contributed by atoms with Gasteiger partial charge in [0.05, 0.1) is 25.6 Å². The van der Waals surface area contributed by atoms with Crippen molar-refractivity contribution in [1.29, 1.82) is 0 Å². The van der Waals surface area contributed by atoms with Gasteiger partial charge in [-0.25, -0.2) is 0 Å².